The maximum atomic E-state index is 11.3. The summed E-state index contributed by atoms with van der Waals surface area (Å²) in [4.78, 5) is 11.3. The topological polar surface area (TPSA) is 51.5 Å². The molecule has 0 amide bonds. The Morgan fingerprint density at radius 1 is 1.25 bits per heavy atom. The van der Waals surface area contributed by atoms with Gasteiger partial charge in [-0.1, -0.05) is 31.5 Å². The normalized spacial score (nSPS) is 10.4. The number of carboxylic acid groups (broad SMARTS) is 1. The summed E-state index contributed by atoms with van der Waals surface area (Å²) in [6.07, 6.45) is 3.91. The molecule has 1 heterocycles. The average Bonchev–Trinajstić information content (AvgIpc) is 2.87. The van der Waals surface area contributed by atoms with Crippen molar-refractivity contribution < 1.29 is 14.6 Å². The molecule has 4 heteroatoms. The lowest BCUT2D eigenvalue weighted by Crippen LogP contribution is -2.10. The quantitative estimate of drug-likeness (QED) is 0.839. The van der Waals surface area contributed by atoms with Crippen molar-refractivity contribution in [3.63, 3.8) is 0 Å². The third kappa shape index (κ3) is 3.41. The van der Waals surface area contributed by atoms with Gasteiger partial charge in [0.05, 0.1) is 11.3 Å². The number of aryl methyl sites for hydroxylation is 1. The van der Waals surface area contributed by atoms with E-state index in [1.165, 1.54) is 0 Å². The predicted molar refractivity (Wildman–Crippen MR) is 77.1 cm³/mol. The fourth-order valence-electron chi connectivity index (χ4n) is 2.07. The van der Waals surface area contributed by atoms with E-state index in [1.54, 1.807) is 6.07 Å². The summed E-state index contributed by atoms with van der Waals surface area (Å²) >= 11 is 0. The number of benzene rings is 1. The molecule has 1 aromatic heterocycles. The van der Waals surface area contributed by atoms with Crippen LogP contribution in [0.3, 0.4) is 0 Å². The molecule has 0 aliphatic carbocycles. The molecule has 0 bridgehead atoms. The summed E-state index contributed by atoms with van der Waals surface area (Å²) in [6.45, 7) is 3.20. The first kappa shape index (κ1) is 14.2. The fourth-order valence-corrected chi connectivity index (χ4v) is 2.07. The van der Waals surface area contributed by atoms with Crippen LogP contribution in [0.25, 0.3) is 0 Å². The summed E-state index contributed by atoms with van der Waals surface area (Å²) in [5, 5.41) is 9.23. The summed E-state index contributed by atoms with van der Waals surface area (Å²) < 4.78 is 7.65. The molecule has 0 spiro atoms. The van der Waals surface area contributed by atoms with E-state index < -0.39 is 5.97 Å². The SMILES string of the molecule is CCCCn1ccc(C(=O)O)c1COc1ccccc1. The van der Waals surface area contributed by atoms with Crippen molar-refractivity contribution in [3.8, 4) is 5.75 Å². The number of carboxylic acids is 1. The van der Waals surface area contributed by atoms with Crippen LogP contribution in [0.15, 0.2) is 42.6 Å². The first-order valence-electron chi connectivity index (χ1n) is 6.81. The van der Waals surface area contributed by atoms with Gasteiger partial charge in [0.2, 0.25) is 0 Å². The second-order valence-electron chi connectivity index (χ2n) is 4.63. The Hall–Kier alpha value is -2.23. The van der Waals surface area contributed by atoms with Gasteiger partial charge in [0.1, 0.15) is 12.4 Å². The molecule has 0 aliphatic rings. The minimum absolute atomic E-state index is 0.266. The van der Waals surface area contributed by atoms with Crippen molar-refractivity contribution in [1.82, 2.24) is 4.57 Å². The molecule has 0 fully saturated rings. The maximum absolute atomic E-state index is 11.3. The van der Waals surface area contributed by atoms with Crippen LogP contribution in [0.2, 0.25) is 0 Å². The third-order valence-electron chi connectivity index (χ3n) is 3.18. The smallest absolute Gasteiger partial charge is 0.337 e. The van der Waals surface area contributed by atoms with Gasteiger partial charge in [-0.3, -0.25) is 0 Å². The lowest BCUT2D eigenvalue weighted by molar-refractivity contribution is 0.0693. The Morgan fingerprint density at radius 2 is 2.00 bits per heavy atom. The standard InChI is InChI=1S/C16H19NO3/c1-2-3-10-17-11-9-14(16(18)19)15(17)12-20-13-7-5-4-6-8-13/h4-9,11H,2-3,10,12H2,1H3,(H,18,19). The molecule has 4 nitrogen and oxygen atoms in total. The second kappa shape index (κ2) is 6.80. The van der Waals surface area contributed by atoms with Crippen molar-refractivity contribution in [2.75, 3.05) is 0 Å². The molecule has 20 heavy (non-hydrogen) atoms. The number of para-hydroxylation sites is 1. The molecule has 0 atom stereocenters. The molecule has 0 unspecified atom stereocenters. The van der Waals surface area contributed by atoms with Crippen LogP contribution in [0, 0.1) is 0 Å². The number of rotatable bonds is 7. The first-order valence-corrected chi connectivity index (χ1v) is 6.81. The largest absolute Gasteiger partial charge is 0.487 e. The molecular formula is C16H19NO3. The van der Waals surface area contributed by atoms with Gasteiger partial charge in [0, 0.05) is 12.7 Å². The van der Waals surface area contributed by atoms with E-state index in [0.29, 0.717) is 5.56 Å². The second-order valence-corrected chi connectivity index (χ2v) is 4.63. The highest BCUT2D eigenvalue weighted by Crippen LogP contribution is 2.17. The van der Waals surface area contributed by atoms with E-state index in [-0.39, 0.29) is 6.61 Å². The van der Waals surface area contributed by atoms with Gasteiger partial charge in [0.15, 0.2) is 0 Å². The molecule has 1 N–H and O–H groups in total. The zero-order chi connectivity index (χ0) is 14.4. The summed E-state index contributed by atoms with van der Waals surface area (Å²) in [7, 11) is 0. The van der Waals surface area contributed by atoms with E-state index in [1.807, 2.05) is 41.1 Å². The minimum Gasteiger partial charge on any atom is -0.487 e. The van der Waals surface area contributed by atoms with Gasteiger partial charge < -0.3 is 14.4 Å². The van der Waals surface area contributed by atoms with Crippen LogP contribution < -0.4 is 4.74 Å². The van der Waals surface area contributed by atoms with Crippen LogP contribution in [0.5, 0.6) is 5.75 Å². The van der Waals surface area contributed by atoms with Gasteiger partial charge in [-0.25, -0.2) is 4.79 Å². The van der Waals surface area contributed by atoms with Gasteiger partial charge in [0.25, 0.3) is 0 Å². The maximum Gasteiger partial charge on any atom is 0.337 e. The van der Waals surface area contributed by atoms with Crippen molar-refractivity contribution in [2.45, 2.75) is 32.9 Å². The highest BCUT2D eigenvalue weighted by atomic mass is 16.5. The number of unbranched alkanes of at least 4 members (excludes halogenated alkanes) is 1. The van der Waals surface area contributed by atoms with Gasteiger partial charge in [-0.15, -0.1) is 0 Å². The first-order chi connectivity index (χ1) is 9.72. The molecule has 0 saturated carbocycles. The number of aromatic nitrogens is 1. The van der Waals surface area contributed by atoms with Crippen molar-refractivity contribution in [2.24, 2.45) is 0 Å². The van der Waals surface area contributed by atoms with E-state index in [9.17, 15) is 9.90 Å². The predicted octanol–water partition coefficient (Wildman–Crippen LogP) is 3.57. The van der Waals surface area contributed by atoms with Crippen LogP contribution in [-0.2, 0) is 13.2 Å². The molecule has 106 valence electrons. The van der Waals surface area contributed by atoms with Gasteiger partial charge >= 0.3 is 5.97 Å². The Bertz CT molecular complexity index is 560. The number of nitrogens with zero attached hydrogens (tertiary/aromatic N) is 1. The van der Waals surface area contributed by atoms with Crippen molar-refractivity contribution in [1.29, 1.82) is 0 Å². The van der Waals surface area contributed by atoms with Gasteiger partial charge in [-0.05, 0) is 24.6 Å². The average molecular weight is 273 g/mol. The Labute approximate surface area is 118 Å². The van der Waals surface area contributed by atoms with E-state index in [0.717, 1.165) is 30.8 Å². The molecule has 2 rings (SSSR count). The highest BCUT2D eigenvalue weighted by Gasteiger charge is 2.15. The summed E-state index contributed by atoms with van der Waals surface area (Å²) in [5.41, 5.74) is 1.03. The van der Waals surface area contributed by atoms with Crippen molar-refractivity contribution in [3.05, 3.63) is 53.9 Å². The third-order valence-corrected chi connectivity index (χ3v) is 3.18. The minimum atomic E-state index is -0.910. The lowest BCUT2D eigenvalue weighted by Gasteiger charge is -2.11. The van der Waals surface area contributed by atoms with E-state index in [2.05, 4.69) is 6.92 Å². The molecule has 2 aromatic rings. The van der Waals surface area contributed by atoms with Crippen LogP contribution in [0.4, 0.5) is 0 Å². The lowest BCUT2D eigenvalue weighted by atomic mass is 10.2. The van der Waals surface area contributed by atoms with Crippen LogP contribution in [-0.4, -0.2) is 15.6 Å². The van der Waals surface area contributed by atoms with Crippen molar-refractivity contribution >= 4 is 5.97 Å². The van der Waals surface area contributed by atoms with E-state index in [4.69, 9.17) is 4.74 Å². The fraction of sp³-hybridized carbons (Fsp3) is 0.312. The molecule has 0 saturated heterocycles. The van der Waals surface area contributed by atoms with E-state index >= 15 is 0 Å². The Kier molecular flexibility index (Phi) is 4.82. The number of aromatic carboxylic acids is 1. The monoisotopic (exact) mass is 273 g/mol. The van der Waals surface area contributed by atoms with Crippen LogP contribution >= 0.6 is 0 Å². The van der Waals surface area contributed by atoms with Gasteiger partial charge in [-0.2, -0.15) is 0 Å². The molecule has 1 aromatic carbocycles. The van der Waals surface area contributed by atoms with Crippen LogP contribution in [0.1, 0.15) is 35.8 Å². The number of carbonyl (C=O) groups is 1. The molecular weight excluding hydrogens is 254 g/mol. The number of hydrogen-bond donors (Lipinski definition) is 1. The summed E-state index contributed by atoms with van der Waals surface area (Å²) in [5.74, 6) is -0.168. The molecule has 0 radical (unpaired) electrons. The zero-order valence-electron chi connectivity index (χ0n) is 11.6. The molecule has 0 aliphatic heterocycles. The number of ether oxygens (including phenoxy) is 1. The Balaban J connectivity index is 2.15. The Morgan fingerprint density at radius 3 is 2.65 bits per heavy atom. The summed E-state index contributed by atoms with van der Waals surface area (Å²) in [6, 6.07) is 11.1. The number of hydrogen-bond acceptors (Lipinski definition) is 2. The highest BCUT2D eigenvalue weighted by molar-refractivity contribution is 5.89. The zero-order valence-corrected chi connectivity index (χ0v) is 11.6.